The molecule has 0 unspecified atom stereocenters. The average Bonchev–Trinajstić information content (AvgIpc) is 2.19. The summed E-state index contributed by atoms with van der Waals surface area (Å²) in [6.45, 7) is 3.54. The van der Waals surface area contributed by atoms with E-state index in [1.807, 2.05) is 0 Å². The lowest BCUT2D eigenvalue weighted by molar-refractivity contribution is -0.384. The molecule has 0 aromatic heterocycles. The number of carbonyl (C=O) groups excluding carboxylic acids is 1. The molecule has 0 aliphatic carbocycles. The quantitative estimate of drug-likeness (QED) is 0.681. The summed E-state index contributed by atoms with van der Waals surface area (Å²) in [5, 5.41) is 13.2. The highest BCUT2D eigenvalue weighted by Gasteiger charge is 2.22. The third-order valence-electron chi connectivity index (χ3n) is 1.88. The Kier molecular flexibility index (Phi) is 4.31. The molecule has 1 aromatic carbocycles. The maximum Gasteiger partial charge on any atom is 0.290 e. The molecule has 17 heavy (non-hydrogen) atoms. The molecule has 0 fully saturated rings. The van der Waals surface area contributed by atoms with E-state index >= 15 is 0 Å². The molecule has 5 nitrogen and oxygen atoms in total. The van der Waals surface area contributed by atoms with Crippen LogP contribution in [0.2, 0.25) is 10.0 Å². The summed E-state index contributed by atoms with van der Waals surface area (Å²) in [5.74, 6) is -0.490. The van der Waals surface area contributed by atoms with Gasteiger partial charge in [0.25, 0.3) is 11.6 Å². The number of nitrogens with zero attached hydrogens (tertiary/aromatic N) is 1. The number of nitro groups is 1. The van der Waals surface area contributed by atoms with Gasteiger partial charge in [-0.15, -0.1) is 0 Å². The van der Waals surface area contributed by atoms with E-state index in [4.69, 9.17) is 23.2 Å². The molecular weight excluding hydrogens is 267 g/mol. The molecule has 1 aromatic rings. The summed E-state index contributed by atoms with van der Waals surface area (Å²) in [7, 11) is 0. The highest BCUT2D eigenvalue weighted by molar-refractivity contribution is 6.37. The van der Waals surface area contributed by atoms with Crippen molar-refractivity contribution in [1.82, 2.24) is 5.32 Å². The molecule has 1 amide bonds. The standard InChI is InChI=1S/C10H10Cl2N2O3/c1-5(2)13-10(15)7-3-6(11)4-8(9(7)12)14(16)17/h3-5H,1-2H3,(H,13,15). The maximum atomic E-state index is 11.7. The third-order valence-corrected chi connectivity index (χ3v) is 2.49. The van der Waals surface area contributed by atoms with E-state index in [0.29, 0.717) is 0 Å². The predicted molar refractivity (Wildman–Crippen MR) is 65.7 cm³/mol. The van der Waals surface area contributed by atoms with Crippen LogP contribution in [-0.4, -0.2) is 16.9 Å². The highest BCUT2D eigenvalue weighted by Crippen LogP contribution is 2.31. The van der Waals surface area contributed by atoms with Gasteiger partial charge in [0, 0.05) is 17.1 Å². The summed E-state index contributed by atoms with van der Waals surface area (Å²) in [6.07, 6.45) is 0. The molecule has 7 heteroatoms. The van der Waals surface area contributed by atoms with Gasteiger partial charge in [0.15, 0.2) is 0 Å². The minimum Gasteiger partial charge on any atom is -0.350 e. The van der Waals surface area contributed by atoms with Crippen molar-refractivity contribution >= 4 is 34.8 Å². The molecule has 1 N–H and O–H groups in total. The number of nitro benzene ring substituents is 1. The number of nitrogens with one attached hydrogen (secondary N) is 1. The Labute approximate surface area is 108 Å². The van der Waals surface area contributed by atoms with Crippen LogP contribution >= 0.6 is 23.2 Å². The molecule has 0 saturated heterocycles. The van der Waals surface area contributed by atoms with Crippen molar-refractivity contribution < 1.29 is 9.72 Å². The lowest BCUT2D eigenvalue weighted by Crippen LogP contribution is -2.30. The topological polar surface area (TPSA) is 72.2 Å². The Hall–Kier alpha value is -1.33. The second-order valence-electron chi connectivity index (χ2n) is 3.67. The zero-order valence-corrected chi connectivity index (χ0v) is 10.7. The second kappa shape index (κ2) is 5.33. The normalized spacial score (nSPS) is 10.4. The zero-order valence-electron chi connectivity index (χ0n) is 9.16. The Morgan fingerprint density at radius 3 is 2.47 bits per heavy atom. The van der Waals surface area contributed by atoms with Crippen molar-refractivity contribution in [1.29, 1.82) is 0 Å². The van der Waals surface area contributed by atoms with Gasteiger partial charge in [0.05, 0.1) is 10.5 Å². The van der Waals surface area contributed by atoms with Gasteiger partial charge in [0.1, 0.15) is 5.02 Å². The number of rotatable bonds is 3. The Balaban J connectivity index is 3.25. The first-order valence-corrected chi connectivity index (χ1v) is 5.52. The summed E-state index contributed by atoms with van der Waals surface area (Å²) >= 11 is 11.5. The monoisotopic (exact) mass is 276 g/mol. The minimum atomic E-state index is -0.680. The number of hydrogen-bond acceptors (Lipinski definition) is 3. The summed E-state index contributed by atoms with van der Waals surface area (Å²) < 4.78 is 0. The van der Waals surface area contributed by atoms with Crippen molar-refractivity contribution in [3.05, 3.63) is 37.9 Å². The molecule has 92 valence electrons. The number of amides is 1. The predicted octanol–water partition coefficient (Wildman–Crippen LogP) is 3.04. The van der Waals surface area contributed by atoms with Gasteiger partial charge in [-0.25, -0.2) is 0 Å². The second-order valence-corrected chi connectivity index (χ2v) is 4.49. The molecule has 0 aliphatic heterocycles. The molecule has 0 saturated carbocycles. The first-order chi connectivity index (χ1) is 7.82. The molecule has 0 radical (unpaired) electrons. The molecule has 0 aliphatic rings. The molecule has 0 heterocycles. The van der Waals surface area contributed by atoms with Crippen LogP contribution in [0.15, 0.2) is 12.1 Å². The largest absolute Gasteiger partial charge is 0.350 e. The van der Waals surface area contributed by atoms with Crippen LogP contribution in [-0.2, 0) is 0 Å². The number of hydrogen-bond donors (Lipinski definition) is 1. The van der Waals surface area contributed by atoms with Crippen LogP contribution in [0.25, 0.3) is 0 Å². The van der Waals surface area contributed by atoms with Crippen LogP contribution in [0.3, 0.4) is 0 Å². The van der Waals surface area contributed by atoms with Gasteiger partial charge in [0.2, 0.25) is 0 Å². The zero-order chi connectivity index (χ0) is 13.2. The fourth-order valence-corrected chi connectivity index (χ4v) is 1.69. The van der Waals surface area contributed by atoms with Crippen molar-refractivity contribution in [2.45, 2.75) is 19.9 Å². The first-order valence-electron chi connectivity index (χ1n) is 4.77. The molecule has 0 bridgehead atoms. The van der Waals surface area contributed by atoms with Gasteiger partial charge in [-0.3, -0.25) is 14.9 Å². The van der Waals surface area contributed by atoms with E-state index in [1.54, 1.807) is 13.8 Å². The van der Waals surface area contributed by atoms with E-state index in [1.165, 1.54) is 6.07 Å². The summed E-state index contributed by atoms with van der Waals surface area (Å²) in [6, 6.07) is 2.31. The fraction of sp³-hybridized carbons (Fsp3) is 0.300. The Morgan fingerprint density at radius 2 is 2.00 bits per heavy atom. The fourth-order valence-electron chi connectivity index (χ4n) is 1.21. The Bertz CT molecular complexity index is 475. The van der Waals surface area contributed by atoms with Crippen molar-refractivity contribution in [3.63, 3.8) is 0 Å². The lowest BCUT2D eigenvalue weighted by Gasteiger charge is -2.09. The SMILES string of the molecule is CC(C)NC(=O)c1cc(Cl)cc([N+](=O)[O-])c1Cl. The van der Waals surface area contributed by atoms with Crippen LogP contribution in [0, 0.1) is 10.1 Å². The van der Waals surface area contributed by atoms with Crippen LogP contribution < -0.4 is 5.32 Å². The summed E-state index contributed by atoms with van der Waals surface area (Å²) in [4.78, 5) is 21.7. The van der Waals surface area contributed by atoms with E-state index in [0.717, 1.165) is 6.07 Å². The van der Waals surface area contributed by atoms with Crippen molar-refractivity contribution in [2.24, 2.45) is 0 Å². The lowest BCUT2D eigenvalue weighted by atomic mass is 10.1. The summed E-state index contributed by atoms with van der Waals surface area (Å²) in [5.41, 5.74) is -0.382. The van der Waals surface area contributed by atoms with Gasteiger partial charge in [-0.2, -0.15) is 0 Å². The van der Waals surface area contributed by atoms with Gasteiger partial charge < -0.3 is 5.32 Å². The van der Waals surface area contributed by atoms with Crippen LogP contribution in [0.4, 0.5) is 5.69 Å². The van der Waals surface area contributed by atoms with E-state index in [2.05, 4.69) is 5.32 Å². The van der Waals surface area contributed by atoms with Crippen LogP contribution in [0.5, 0.6) is 0 Å². The van der Waals surface area contributed by atoms with Crippen molar-refractivity contribution in [2.75, 3.05) is 0 Å². The first kappa shape index (κ1) is 13.7. The minimum absolute atomic E-state index is 0.000401. The average molecular weight is 277 g/mol. The van der Waals surface area contributed by atoms with Crippen LogP contribution in [0.1, 0.15) is 24.2 Å². The van der Waals surface area contributed by atoms with E-state index < -0.39 is 10.8 Å². The van der Waals surface area contributed by atoms with Gasteiger partial charge >= 0.3 is 0 Å². The molecule has 0 atom stereocenters. The van der Waals surface area contributed by atoms with Crippen molar-refractivity contribution in [3.8, 4) is 0 Å². The number of carbonyl (C=O) groups is 1. The van der Waals surface area contributed by atoms with Gasteiger partial charge in [-0.05, 0) is 19.9 Å². The van der Waals surface area contributed by atoms with E-state index in [9.17, 15) is 14.9 Å². The van der Waals surface area contributed by atoms with Gasteiger partial charge in [-0.1, -0.05) is 23.2 Å². The smallest absolute Gasteiger partial charge is 0.290 e. The Morgan fingerprint density at radius 1 is 1.41 bits per heavy atom. The number of benzene rings is 1. The van der Waals surface area contributed by atoms with E-state index in [-0.39, 0.29) is 27.3 Å². The molecular formula is C10H10Cl2N2O3. The molecule has 0 spiro atoms. The maximum absolute atomic E-state index is 11.7. The number of halogens is 2. The highest BCUT2D eigenvalue weighted by atomic mass is 35.5. The molecule has 1 rings (SSSR count). The third kappa shape index (κ3) is 3.31.